The third kappa shape index (κ3) is 2.22. The van der Waals surface area contributed by atoms with Crippen LogP contribution in [0.3, 0.4) is 0 Å². The summed E-state index contributed by atoms with van der Waals surface area (Å²) in [6.45, 7) is 3.38. The first-order valence-corrected chi connectivity index (χ1v) is 6.16. The number of aryl methyl sites for hydroxylation is 1. The molecule has 0 atom stereocenters. The average Bonchev–Trinajstić information content (AvgIpc) is 2.92. The molecule has 1 saturated heterocycles. The molecule has 0 N–H and O–H groups in total. The summed E-state index contributed by atoms with van der Waals surface area (Å²) < 4.78 is 31.5. The zero-order valence-corrected chi connectivity index (χ0v) is 9.62. The van der Waals surface area contributed by atoms with E-state index in [1.807, 2.05) is 13.0 Å². The van der Waals surface area contributed by atoms with E-state index in [0.29, 0.717) is 18.8 Å². The molecule has 1 aliphatic heterocycles. The van der Waals surface area contributed by atoms with Crippen LogP contribution in [0.2, 0.25) is 0 Å². The quantitative estimate of drug-likeness (QED) is 0.711. The van der Waals surface area contributed by atoms with E-state index in [9.17, 15) is 8.42 Å². The van der Waals surface area contributed by atoms with Crippen LogP contribution in [0.4, 0.5) is 0 Å². The van der Waals surface area contributed by atoms with Crippen LogP contribution in [-0.2, 0) is 16.8 Å². The lowest BCUT2D eigenvalue weighted by Gasteiger charge is -2.15. The summed E-state index contributed by atoms with van der Waals surface area (Å²) in [6.07, 6.45) is 0. The smallest absolute Gasteiger partial charge is 0.282 e. The first-order chi connectivity index (χ1) is 7.00. The van der Waals surface area contributed by atoms with Crippen molar-refractivity contribution in [3.8, 4) is 0 Å². The Kier molecular flexibility index (Phi) is 2.57. The van der Waals surface area contributed by atoms with Gasteiger partial charge in [-0.25, -0.2) is 0 Å². The van der Waals surface area contributed by atoms with Crippen LogP contribution in [0, 0.1) is 6.92 Å². The van der Waals surface area contributed by atoms with E-state index in [4.69, 9.17) is 4.42 Å². The molecule has 1 aromatic heterocycles. The highest BCUT2D eigenvalue weighted by atomic mass is 32.2. The summed E-state index contributed by atoms with van der Waals surface area (Å²) in [7, 11) is -1.69. The average molecular weight is 230 g/mol. The predicted molar refractivity (Wildman–Crippen MR) is 55.4 cm³/mol. The van der Waals surface area contributed by atoms with E-state index >= 15 is 0 Å². The van der Waals surface area contributed by atoms with Crippen molar-refractivity contribution < 1.29 is 12.8 Å². The van der Waals surface area contributed by atoms with Gasteiger partial charge >= 0.3 is 0 Å². The number of furan rings is 1. The SMILES string of the molecule is Cc1ccc(CN(C)S(=O)(=O)N2CC2)o1. The van der Waals surface area contributed by atoms with Gasteiger partial charge in [0.2, 0.25) is 0 Å². The summed E-state index contributed by atoms with van der Waals surface area (Å²) in [5, 5.41) is 0. The van der Waals surface area contributed by atoms with E-state index in [0.717, 1.165) is 5.76 Å². The maximum absolute atomic E-state index is 11.7. The summed E-state index contributed by atoms with van der Waals surface area (Å²) in [5.41, 5.74) is 0. The lowest BCUT2D eigenvalue weighted by Crippen LogP contribution is -2.31. The second-order valence-corrected chi connectivity index (χ2v) is 5.71. The van der Waals surface area contributed by atoms with Crippen molar-refractivity contribution in [1.29, 1.82) is 0 Å². The van der Waals surface area contributed by atoms with Crippen molar-refractivity contribution in [2.45, 2.75) is 13.5 Å². The summed E-state index contributed by atoms with van der Waals surface area (Å²) in [4.78, 5) is 0. The minimum Gasteiger partial charge on any atom is -0.465 e. The third-order valence-electron chi connectivity index (χ3n) is 2.30. The van der Waals surface area contributed by atoms with Gasteiger partial charge in [0.05, 0.1) is 6.54 Å². The minimum atomic E-state index is -3.25. The Morgan fingerprint density at radius 1 is 1.47 bits per heavy atom. The molecule has 1 aromatic rings. The molecule has 15 heavy (non-hydrogen) atoms. The lowest BCUT2D eigenvalue weighted by molar-refractivity contribution is 0.385. The molecule has 2 heterocycles. The van der Waals surface area contributed by atoms with Gasteiger partial charge in [-0.3, -0.25) is 0 Å². The Morgan fingerprint density at radius 3 is 2.60 bits per heavy atom. The molecule has 84 valence electrons. The molecular formula is C9H14N2O3S. The molecule has 0 amide bonds. The van der Waals surface area contributed by atoms with Gasteiger partial charge in [0.1, 0.15) is 11.5 Å². The van der Waals surface area contributed by atoms with E-state index in [1.165, 1.54) is 8.61 Å². The summed E-state index contributed by atoms with van der Waals surface area (Å²) in [6, 6.07) is 3.62. The van der Waals surface area contributed by atoms with Gasteiger partial charge in [0.25, 0.3) is 10.2 Å². The van der Waals surface area contributed by atoms with Crippen LogP contribution in [0.15, 0.2) is 16.5 Å². The highest BCUT2D eigenvalue weighted by molar-refractivity contribution is 7.86. The fourth-order valence-corrected chi connectivity index (χ4v) is 2.57. The fraction of sp³-hybridized carbons (Fsp3) is 0.556. The Labute approximate surface area is 89.5 Å². The van der Waals surface area contributed by atoms with Gasteiger partial charge in [-0.2, -0.15) is 17.0 Å². The Hall–Kier alpha value is -0.850. The molecule has 1 fully saturated rings. The Bertz CT molecular complexity index is 448. The maximum atomic E-state index is 11.7. The third-order valence-corrected chi connectivity index (χ3v) is 4.24. The van der Waals surface area contributed by atoms with Crippen molar-refractivity contribution in [1.82, 2.24) is 8.61 Å². The van der Waals surface area contributed by atoms with Gasteiger partial charge in [-0.1, -0.05) is 0 Å². The molecule has 0 unspecified atom stereocenters. The van der Waals surface area contributed by atoms with Gasteiger partial charge in [-0.05, 0) is 19.1 Å². The van der Waals surface area contributed by atoms with Crippen molar-refractivity contribution in [3.05, 3.63) is 23.7 Å². The Balaban J connectivity index is 2.06. The molecule has 0 saturated carbocycles. The monoisotopic (exact) mass is 230 g/mol. The molecule has 0 radical (unpaired) electrons. The molecule has 2 rings (SSSR count). The molecule has 6 heteroatoms. The van der Waals surface area contributed by atoms with E-state index in [2.05, 4.69) is 0 Å². The summed E-state index contributed by atoms with van der Waals surface area (Å²) >= 11 is 0. The van der Waals surface area contributed by atoms with Crippen molar-refractivity contribution in [3.63, 3.8) is 0 Å². The molecule has 0 spiro atoms. The van der Waals surface area contributed by atoms with Crippen LogP contribution in [-0.4, -0.2) is 37.2 Å². The number of hydrogen-bond acceptors (Lipinski definition) is 3. The van der Waals surface area contributed by atoms with Gasteiger partial charge in [0, 0.05) is 20.1 Å². The van der Waals surface area contributed by atoms with Crippen molar-refractivity contribution >= 4 is 10.2 Å². The van der Waals surface area contributed by atoms with Crippen LogP contribution in [0.5, 0.6) is 0 Å². The van der Waals surface area contributed by atoms with Gasteiger partial charge in [-0.15, -0.1) is 0 Å². The maximum Gasteiger partial charge on any atom is 0.282 e. The molecular weight excluding hydrogens is 216 g/mol. The van der Waals surface area contributed by atoms with Crippen molar-refractivity contribution in [2.24, 2.45) is 0 Å². The van der Waals surface area contributed by atoms with Crippen LogP contribution in [0.1, 0.15) is 11.5 Å². The molecule has 1 aliphatic rings. The summed E-state index contributed by atoms with van der Waals surface area (Å²) in [5.74, 6) is 1.46. The second kappa shape index (κ2) is 3.62. The minimum absolute atomic E-state index is 0.284. The zero-order chi connectivity index (χ0) is 11.1. The molecule has 5 nitrogen and oxygen atoms in total. The molecule has 0 aromatic carbocycles. The first kappa shape index (κ1) is 10.7. The number of rotatable bonds is 4. The van der Waals surface area contributed by atoms with E-state index < -0.39 is 10.2 Å². The predicted octanol–water partition coefficient (Wildman–Crippen LogP) is 0.580. The van der Waals surface area contributed by atoms with E-state index in [-0.39, 0.29) is 6.54 Å². The molecule has 0 bridgehead atoms. The van der Waals surface area contributed by atoms with Crippen LogP contribution in [0.25, 0.3) is 0 Å². The fourth-order valence-electron chi connectivity index (χ4n) is 1.34. The van der Waals surface area contributed by atoms with Gasteiger partial charge in [0.15, 0.2) is 0 Å². The largest absolute Gasteiger partial charge is 0.465 e. The van der Waals surface area contributed by atoms with Crippen molar-refractivity contribution in [2.75, 3.05) is 20.1 Å². The second-order valence-electron chi connectivity index (χ2n) is 3.68. The number of hydrogen-bond donors (Lipinski definition) is 0. The zero-order valence-electron chi connectivity index (χ0n) is 8.80. The first-order valence-electron chi connectivity index (χ1n) is 4.77. The standard InChI is InChI=1S/C9H14N2O3S/c1-8-3-4-9(14-8)7-10(2)15(12,13)11-5-6-11/h3-4H,5-7H2,1-2H3. The normalized spacial score (nSPS) is 17.3. The Morgan fingerprint density at radius 2 is 2.13 bits per heavy atom. The molecule has 0 aliphatic carbocycles. The van der Waals surface area contributed by atoms with Gasteiger partial charge < -0.3 is 4.42 Å². The van der Waals surface area contributed by atoms with E-state index in [1.54, 1.807) is 13.1 Å². The highest BCUT2D eigenvalue weighted by Gasteiger charge is 2.35. The van der Waals surface area contributed by atoms with Crippen LogP contribution < -0.4 is 0 Å². The van der Waals surface area contributed by atoms with Crippen LogP contribution >= 0.6 is 0 Å². The number of nitrogens with zero attached hydrogens (tertiary/aromatic N) is 2. The lowest BCUT2D eigenvalue weighted by atomic mass is 10.4. The topological polar surface area (TPSA) is 53.5 Å². The highest BCUT2D eigenvalue weighted by Crippen LogP contribution is 2.18.